The first-order valence-corrected chi connectivity index (χ1v) is 13.1. The zero-order valence-electron chi connectivity index (χ0n) is 21.5. The van der Waals surface area contributed by atoms with E-state index in [1.165, 1.54) is 28.4 Å². The van der Waals surface area contributed by atoms with E-state index in [-0.39, 0.29) is 10.7 Å². The Morgan fingerprint density at radius 2 is 1.66 bits per heavy atom. The Bertz CT molecular complexity index is 1550. The van der Waals surface area contributed by atoms with Gasteiger partial charge in [0, 0.05) is 23.9 Å². The standard InChI is InChI=1S/C29H27F3N4OS/c1-28(2,3)21-11-8-18(9-12-21)16-36-27(37)38-17-24(34-36)19-10-13-25-23(15-19)33-26(35(25)4)20-6-5-7-22(14-20)29(30,31)32/h5-15H,16-17H2,1-4H3. The van der Waals surface area contributed by atoms with Crippen molar-refractivity contribution in [3.63, 3.8) is 0 Å². The summed E-state index contributed by atoms with van der Waals surface area (Å²) in [7, 11) is 1.78. The van der Waals surface area contributed by atoms with E-state index in [0.717, 1.165) is 34.5 Å². The van der Waals surface area contributed by atoms with Crippen LogP contribution in [-0.2, 0) is 25.2 Å². The third-order valence-corrected chi connectivity index (χ3v) is 7.47. The molecule has 0 unspecified atom stereocenters. The molecule has 196 valence electrons. The molecule has 1 aromatic heterocycles. The fourth-order valence-electron chi connectivity index (χ4n) is 4.42. The Hall–Kier alpha value is -3.59. The van der Waals surface area contributed by atoms with Gasteiger partial charge < -0.3 is 4.57 Å². The molecule has 2 heterocycles. The molecule has 5 nitrogen and oxygen atoms in total. The van der Waals surface area contributed by atoms with E-state index in [1.807, 2.05) is 30.3 Å². The zero-order valence-corrected chi connectivity index (χ0v) is 22.3. The molecule has 3 aromatic carbocycles. The van der Waals surface area contributed by atoms with Crippen molar-refractivity contribution in [3.8, 4) is 11.4 Å². The van der Waals surface area contributed by atoms with Gasteiger partial charge >= 0.3 is 11.4 Å². The lowest BCUT2D eigenvalue weighted by Gasteiger charge is -2.24. The molecule has 9 heteroatoms. The first-order chi connectivity index (χ1) is 17.9. The van der Waals surface area contributed by atoms with Crippen LogP contribution < -0.4 is 0 Å². The summed E-state index contributed by atoms with van der Waals surface area (Å²) in [5.41, 5.74) is 4.93. The fraction of sp³-hybridized carbons (Fsp3) is 0.276. The van der Waals surface area contributed by atoms with Gasteiger partial charge in [0.1, 0.15) is 5.82 Å². The highest BCUT2D eigenvalue weighted by atomic mass is 32.2. The molecule has 0 saturated heterocycles. The molecule has 0 spiro atoms. The number of carbonyl (C=O) groups is 1. The molecule has 1 aliphatic heterocycles. The SMILES string of the molecule is Cn1c(-c2cccc(C(F)(F)F)c2)nc2cc(C3=NN(Cc4ccc(C(C)(C)C)cc4)C(=O)SC3)ccc21. The number of hydrazone groups is 1. The van der Waals surface area contributed by atoms with Crippen LogP contribution in [0.1, 0.15) is 43.0 Å². The van der Waals surface area contributed by atoms with E-state index < -0.39 is 11.7 Å². The number of rotatable bonds is 4. The summed E-state index contributed by atoms with van der Waals surface area (Å²) >= 11 is 1.19. The summed E-state index contributed by atoms with van der Waals surface area (Å²) in [5.74, 6) is 0.871. The van der Waals surface area contributed by atoms with E-state index in [2.05, 4.69) is 43.0 Å². The van der Waals surface area contributed by atoms with Crippen molar-refractivity contribution in [2.24, 2.45) is 12.1 Å². The summed E-state index contributed by atoms with van der Waals surface area (Å²) in [6.45, 7) is 6.84. The van der Waals surface area contributed by atoms with Crippen molar-refractivity contribution >= 4 is 33.7 Å². The maximum atomic E-state index is 13.2. The summed E-state index contributed by atoms with van der Waals surface area (Å²) in [6, 6.07) is 19.1. The van der Waals surface area contributed by atoms with Crippen molar-refractivity contribution in [1.82, 2.24) is 14.6 Å². The topological polar surface area (TPSA) is 50.5 Å². The minimum Gasteiger partial charge on any atom is -0.327 e. The lowest BCUT2D eigenvalue weighted by molar-refractivity contribution is -0.137. The number of thioether (sulfide) groups is 1. The molecule has 4 aromatic rings. The lowest BCUT2D eigenvalue weighted by Crippen LogP contribution is -2.29. The zero-order chi connectivity index (χ0) is 27.2. The number of hydrogen-bond donors (Lipinski definition) is 0. The average Bonchev–Trinajstić information content (AvgIpc) is 3.20. The second-order valence-corrected chi connectivity index (χ2v) is 11.3. The van der Waals surface area contributed by atoms with Crippen LogP contribution in [-0.4, -0.2) is 31.3 Å². The number of halogens is 3. The number of aromatic nitrogens is 2. The van der Waals surface area contributed by atoms with Crippen molar-refractivity contribution in [1.29, 1.82) is 0 Å². The van der Waals surface area contributed by atoms with E-state index in [1.54, 1.807) is 17.7 Å². The Balaban J connectivity index is 1.44. The van der Waals surface area contributed by atoms with Crippen molar-refractivity contribution < 1.29 is 18.0 Å². The molecule has 0 radical (unpaired) electrons. The van der Waals surface area contributed by atoms with Crippen LogP contribution in [0.4, 0.5) is 18.0 Å². The lowest BCUT2D eigenvalue weighted by atomic mass is 9.87. The van der Waals surface area contributed by atoms with Crippen molar-refractivity contribution in [2.45, 2.75) is 38.9 Å². The van der Waals surface area contributed by atoms with Gasteiger partial charge in [0.2, 0.25) is 0 Å². The minimum absolute atomic E-state index is 0.0474. The fourth-order valence-corrected chi connectivity index (χ4v) is 5.16. The van der Waals surface area contributed by atoms with Gasteiger partial charge in [-0.05, 0) is 40.8 Å². The first-order valence-electron chi connectivity index (χ1n) is 12.2. The third-order valence-electron chi connectivity index (χ3n) is 6.60. The van der Waals surface area contributed by atoms with Gasteiger partial charge in [0.25, 0.3) is 0 Å². The van der Waals surface area contributed by atoms with E-state index >= 15 is 0 Å². The normalized spacial score (nSPS) is 14.8. The van der Waals surface area contributed by atoms with Gasteiger partial charge in [-0.2, -0.15) is 18.3 Å². The first kappa shape index (κ1) is 26.0. The Morgan fingerprint density at radius 3 is 2.34 bits per heavy atom. The second-order valence-electron chi connectivity index (χ2n) is 10.4. The number of benzene rings is 3. The summed E-state index contributed by atoms with van der Waals surface area (Å²) in [6.07, 6.45) is -4.43. The van der Waals surface area contributed by atoms with Gasteiger partial charge in [0.05, 0.1) is 28.9 Å². The number of hydrogen-bond acceptors (Lipinski definition) is 4. The molecular formula is C29H27F3N4OS. The number of imidazole rings is 1. The van der Waals surface area contributed by atoms with Gasteiger partial charge in [0.15, 0.2) is 0 Å². The van der Waals surface area contributed by atoms with Crippen LogP contribution >= 0.6 is 11.8 Å². The van der Waals surface area contributed by atoms with E-state index in [0.29, 0.717) is 29.2 Å². The highest BCUT2D eigenvalue weighted by Gasteiger charge is 2.31. The Labute approximate surface area is 223 Å². The van der Waals surface area contributed by atoms with Crippen LogP contribution in [0.5, 0.6) is 0 Å². The Morgan fingerprint density at radius 1 is 0.921 bits per heavy atom. The second kappa shape index (κ2) is 9.62. The average molecular weight is 537 g/mol. The Kier molecular flexibility index (Phi) is 6.59. The van der Waals surface area contributed by atoms with E-state index in [9.17, 15) is 18.0 Å². The molecule has 0 N–H and O–H groups in total. The summed E-state index contributed by atoms with van der Waals surface area (Å²) in [5, 5.41) is 6.02. The molecule has 0 bridgehead atoms. The molecule has 1 amide bonds. The molecule has 0 saturated carbocycles. The van der Waals surface area contributed by atoms with Crippen LogP contribution in [0.3, 0.4) is 0 Å². The molecular weight excluding hydrogens is 509 g/mol. The monoisotopic (exact) mass is 536 g/mol. The number of nitrogens with zero attached hydrogens (tertiary/aromatic N) is 4. The third kappa shape index (κ3) is 5.20. The summed E-state index contributed by atoms with van der Waals surface area (Å²) in [4.78, 5) is 17.2. The van der Waals surface area contributed by atoms with Crippen molar-refractivity contribution in [3.05, 3.63) is 89.0 Å². The van der Waals surface area contributed by atoms with Crippen molar-refractivity contribution in [2.75, 3.05) is 5.75 Å². The number of amides is 1. The molecule has 38 heavy (non-hydrogen) atoms. The van der Waals surface area contributed by atoms with Gasteiger partial charge in [-0.1, -0.05) is 75.0 Å². The van der Waals surface area contributed by atoms with Gasteiger partial charge in [-0.3, -0.25) is 4.79 Å². The molecule has 5 rings (SSSR count). The highest BCUT2D eigenvalue weighted by Crippen LogP contribution is 2.33. The summed E-state index contributed by atoms with van der Waals surface area (Å²) < 4.78 is 41.5. The van der Waals surface area contributed by atoms with E-state index in [4.69, 9.17) is 0 Å². The van der Waals surface area contributed by atoms with Crippen LogP contribution in [0.25, 0.3) is 22.4 Å². The maximum Gasteiger partial charge on any atom is 0.416 e. The molecule has 1 aliphatic rings. The molecule has 0 fully saturated rings. The predicted molar refractivity (Wildman–Crippen MR) is 146 cm³/mol. The number of fused-ring (bicyclic) bond motifs is 1. The largest absolute Gasteiger partial charge is 0.416 e. The smallest absolute Gasteiger partial charge is 0.327 e. The minimum atomic E-state index is -4.43. The van der Waals surface area contributed by atoms with Crippen LogP contribution in [0.2, 0.25) is 0 Å². The molecule has 0 aliphatic carbocycles. The number of alkyl halides is 3. The van der Waals surface area contributed by atoms with Crippen LogP contribution in [0.15, 0.2) is 71.8 Å². The molecule has 0 atom stereocenters. The maximum absolute atomic E-state index is 13.2. The number of aryl methyl sites for hydroxylation is 1. The van der Waals surface area contributed by atoms with Gasteiger partial charge in [-0.25, -0.2) is 9.99 Å². The number of carbonyl (C=O) groups excluding carboxylic acids is 1. The quantitative estimate of drug-likeness (QED) is 0.269. The van der Waals surface area contributed by atoms with Crippen LogP contribution in [0, 0.1) is 0 Å². The van der Waals surface area contributed by atoms with Gasteiger partial charge in [-0.15, -0.1) is 0 Å². The highest BCUT2D eigenvalue weighted by molar-refractivity contribution is 8.14. The predicted octanol–water partition coefficient (Wildman–Crippen LogP) is 7.63.